The van der Waals surface area contributed by atoms with Crippen molar-refractivity contribution in [2.24, 2.45) is 0 Å². The van der Waals surface area contributed by atoms with Crippen molar-refractivity contribution in [3.8, 4) is 0 Å². The van der Waals surface area contributed by atoms with Crippen LogP contribution in [0.1, 0.15) is 12.8 Å². The van der Waals surface area contributed by atoms with E-state index in [0.29, 0.717) is 11.2 Å². The number of thioether (sulfide) groups is 1. The molecular weight excluding hydrogens is 298 g/mol. The van der Waals surface area contributed by atoms with Crippen LogP contribution in [0, 0.1) is 0 Å². The van der Waals surface area contributed by atoms with Crippen molar-refractivity contribution >= 4 is 33.6 Å². The third-order valence-electron chi connectivity index (χ3n) is 2.75. The van der Waals surface area contributed by atoms with Crippen LogP contribution in [0.3, 0.4) is 0 Å². The highest BCUT2D eigenvalue weighted by atomic mass is 79.9. The van der Waals surface area contributed by atoms with Crippen LogP contribution >= 0.6 is 27.7 Å². The fourth-order valence-corrected chi connectivity index (χ4v) is 3.39. The largest absolute Gasteiger partial charge is 0.342 e. The van der Waals surface area contributed by atoms with E-state index < -0.39 is 0 Å². The first-order chi connectivity index (χ1) is 8.25. The van der Waals surface area contributed by atoms with E-state index in [4.69, 9.17) is 0 Å². The Morgan fingerprint density at radius 1 is 1.35 bits per heavy atom. The minimum atomic E-state index is 0.289. The summed E-state index contributed by atoms with van der Waals surface area (Å²) < 4.78 is 0. The summed E-state index contributed by atoms with van der Waals surface area (Å²) in [6, 6.07) is 10.4. The van der Waals surface area contributed by atoms with Crippen LogP contribution in [0.5, 0.6) is 0 Å². The minimum Gasteiger partial charge on any atom is -0.342 e. The van der Waals surface area contributed by atoms with E-state index in [0.717, 1.165) is 25.3 Å². The number of halogens is 1. The number of likely N-dealkylation sites (tertiary alicyclic amines) is 1. The van der Waals surface area contributed by atoms with Gasteiger partial charge in [0, 0.05) is 29.2 Å². The maximum Gasteiger partial charge on any atom is 0.223 e. The average Bonchev–Trinajstić information content (AvgIpc) is 2.65. The molecule has 0 radical (unpaired) electrons. The van der Waals surface area contributed by atoms with Crippen LogP contribution in [0.4, 0.5) is 0 Å². The van der Waals surface area contributed by atoms with E-state index in [-0.39, 0.29) is 5.91 Å². The van der Waals surface area contributed by atoms with Gasteiger partial charge in [0.2, 0.25) is 5.91 Å². The third-order valence-corrected chi connectivity index (χ3v) is 4.46. The molecule has 0 N–H and O–H groups in total. The molecule has 0 spiro atoms. The lowest BCUT2D eigenvalue weighted by Gasteiger charge is -2.15. The van der Waals surface area contributed by atoms with E-state index in [1.807, 2.05) is 22.7 Å². The molecule has 1 aliphatic rings. The first-order valence-corrected chi connectivity index (χ1v) is 7.75. The van der Waals surface area contributed by atoms with Gasteiger partial charge in [-0.25, -0.2) is 0 Å². The van der Waals surface area contributed by atoms with Gasteiger partial charge in [-0.1, -0.05) is 34.1 Å². The van der Waals surface area contributed by atoms with Crippen molar-refractivity contribution in [1.82, 2.24) is 4.90 Å². The number of amides is 1. The summed E-state index contributed by atoms with van der Waals surface area (Å²) >= 11 is 5.35. The normalized spacial score (nSPS) is 19.9. The van der Waals surface area contributed by atoms with Gasteiger partial charge in [0.1, 0.15) is 0 Å². The number of rotatable bonds is 5. The molecule has 1 atom stereocenters. The first kappa shape index (κ1) is 13.0. The second-order valence-corrected chi connectivity index (χ2v) is 6.62. The molecule has 2 rings (SSSR count). The molecule has 1 heterocycles. The quantitative estimate of drug-likeness (QED) is 0.473. The second kappa shape index (κ2) is 6.45. The predicted octanol–water partition coefficient (Wildman–Crippen LogP) is 3.16. The molecule has 17 heavy (non-hydrogen) atoms. The van der Waals surface area contributed by atoms with Gasteiger partial charge in [-0.3, -0.25) is 4.79 Å². The highest BCUT2D eigenvalue weighted by Crippen LogP contribution is 2.20. The summed E-state index contributed by atoms with van der Waals surface area (Å²) in [6.07, 6.45) is 1.72. The number of hydrogen-bond acceptors (Lipinski definition) is 2. The molecule has 1 fully saturated rings. The van der Waals surface area contributed by atoms with Crippen molar-refractivity contribution in [3.63, 3.8) is 0 Å². The summed E-state index contributed by atoms with van der Waals surface area (Å²) in [5.74, 6) is 1.36. The van der Waals surface area contributed by atoms with Crippen molar-refractivity contribution in [2.75, 3.05) is 18.8 Å². The van der Waals surface area contributed by atoms with Crippen molar-refractivity contribution < 1.29 is 4.79 Å². The zero-order chi connectivity index (χ0) is 12.1. The Morgan fingerprint density at radius 2 is 2.12 bits per heavy atom. The first-order valence-electron chi connectivity index (χ1n) is 5.85. The predicted molar refractivity (Wildman–Crippen MR) is 75.7 cm³/mol. The zero-order valence-corrected chi connectivity index (χ0v) is 12.0. The molecule has 4 heteroatoms. The maximum atomic E-state index is 11.5. The highest BCUT2D eigenvalue weighted by Gasteiger charge is 2.26. The Morgan fingerprint density at radius 3 is 2.76 bits per heavy atom. The van der Waals surface area contributed by atoms with Crippen LogP contribution in [-0.2, 0) is 4.79 Å². The van der Waals surface area contributed by atoms with Crippen molar-refractivity contribution in [3.05, 3.63) is 30.3 Å². The van der Waals surface area contributed by atoms with E-state index in [9.17, 15) is 4.79 Å². The molecule has 1 aromatic rings. The van der Waals surface area contributed by atoms with Crippen molar-refractivity contribution in [2.45, 2.75) is 22.6 Å². The molecule has 2 nitrogen and oxygen atoms in total. The molecule has 92 valence electrons. The van der Waals surface area contributed by atoms with Crippen LogP contribution in [0.2, 0.25) is 0 Å². The fraction of sp³-hybridized carbons (Fsp3) is 0.462. The molecule has 1 amide bonds. The second-order valence-electron chi connectivity index (χ2n) is 4.16. The number of hydrogen-bond donors (Lipinski definition) is 0. The van der Waals surface area contributed by atoms with Gasteiger partial charge in [0.25, 0.3) is 0 Å². The molecular formula is C13H16BrNOS. The van der Waals surface area contributed by atoms with Gasteiger partial charge in [-0.2, -0.15) is 0 Å². The average molecular weight is 314 g/mol. The Labute approximate surface area is 115 Å². The Bertz CT molecular complexity index is 371. The van der Waals surface area contributed by atoms with Gasteiger partial charge in [-0.15, -0.1) is 11.8 Å². The lowest BCUT2D eigenvalue weighted by molar-refractivity contribution is -0.127. The lowest BCUT2D eigenvalue weighted by atomic mass is 10.4. The monoisotopic (exact) mass is 313 g/mol. The summed E-state index contributed by atoms with van der Waals surface area (Å²) in [6.45, 7) is 1.76. The standard InChI is InChI=1S/C13H16BrNOS/c14-11-9-13(16)15(10-11)7-4-8-17-12-5-2-1-3-6-12/h1-3,5-6,11H,4,7-10H2. The summed E-state index contributed by atoms with van der Waals surface area (Å²) in [7, 11) is 0. The number of alkyl halides is 1. The summed E-state index contributed by atoms with van der Waals surface area (Å²) in [4.78, 5) is 15.2. The number of benzene rings is 1. The molecule has 1 saturated heterocycles. The van der Waals surface area contributed by atoms with Crippen LogP contribution in [0.15, 0.2) is 35.2 Å². The fourth-order valence-electron chi connectivity index (χ4n) is 1.90. The molecule has 0 bridgehead atoms. The van der Waals surface area contributed by atoms with Gasteiger partial charge >= 0.3 is 0 Å². The Hall–Kier alpha value is -0.480. The van der Waals surface area contributed by atoms with Gasteiger partial charge in [0.05, 0.1) is 0 Å². The minimum absolute atomic E-state index is 0.289. The van der Waals surface area contributed by atoms with E-state index >= 15 is 0 Å². The molecule has 1 aliphatic heterocycles. The van der Waals surface area contributed by atoms with Crippen LogP contribution < -0.4 is 0 Å². The third kappa shape index (κ3) is 4.03. The molecule has 0 saturated carbocycles. The van der Waals surface area contributed by atoms with E-state index in [1.165, 1.54) is 4.90 Å². The van der Waals surface area contributed by atoms with E-state index in [1.54, 1.807) is 0 Å². The molecule has 1 unspecified atom stereocenters. The topological polar surface area (TPSA) is 20.3 Å². The van der Waals surface area contributed by atoms with Crippen LogP contribution in [-0.4, -0.2) is 34.5 Å². The number of carbonyl (C=O) groups is 1. The lowest BCUT2D eigenvalue weighted by Crippen LogP contribution is -2.26. The van der Waals surface area contributed by atoms with E-state index in [2.05, 4.69) is 40.2 Å². The molecule has 0 aliphatic carbocycles. The highest BCUT2D eigenvalue weighted by molar-refractivity contribution is 9.09. The smallest absolute Gasteiger partial charge is 0.223 e. The maximum absolute atomic E-state index is 11.5. The summed E-state index contributed by atoms with van der Waals surface area (Å²) in [5.41, 5.74) is 0. The Balaban J connectivity index is 1.65. The van der Waals surface area contributed by atoms with Gasteiger partial charge < -0.3 is 4.90 Å². The number of nitrogens with zero attached hydrogens (tertiary/aromatic N) is 1. The van der Waals surface area contributed by atoms with Gasteiger partial charge in [-0.05, 0) is 24.3 Å². The number of carbonyl (C=O) groups excluding carboxylic acids is 1. The molecule has 0 aromatic heterocycles. The van der Waals surface area contributed by atoms with Crippen LogP contribution in [0.25, 0.3) is 0 Å². The molecule has 1 aromatic carbocycles. The summed E-state index contributed by atoms with van der Waals surface area (Å²) in [5, 5.41) is 0. The SMILES string of the molecule is O=C1CC(Br)CN1CCCSc1ccccc1. The Kier molecular flexibility index (Phi) is 4.92. The van der Waals surface area contributed by atoms with Gasteiger partial charge in [0.15, 0.2) is 0 Å². The zero-order valence-electron chi connectivity index (χ0n) is 9.64. The van der Waals surface area contributed by atoms with Crippen molar-refractivity contribution in [1.29, 1.82) is 0 Å².